The highest BCUT2D eigenvalue weighted by atomic mass is 32.2. The Kier molecular flexibility index (Phi) is 5.00. The molecular formula is C15H17NO4S2. The Morgan fingerprint density at radius 3 is 1.95 bits per heavy atom. The molecule has 0 heterocycles. The first-order chi connectivity index (χ1) is 10.3. The molecule has 0 radical (unpaired) electrons. The van der Waals surface area contributed by atoms with Crippen LogP contribution in [0.3, 0.4) is 0 Å². The second kappa shape index (κ2) is 6.60. The van der Waals surface area contributed by atoms with Crippen molar-refractivity contribution in [3.8, 4) is 0 Å². The lowest BCUT2D eigenvalue weighted by atomic mass is 10.2. The minimum Gasteiger partial charge on any atom is -0.224 e. The fraction of sp³-hybridized carbons (Fsp3) is 0.200. The van der Waals surface area contributed by atoms with Crippen molar-refractivity contribution in [2.45, 2.75) is 16.2 Å². The molecule has 0 fully saturated rings. The molecule has 0 saturated carbocycles. The van der Waals surface area contributed by atoms with E-state index in [1.807, 2.05) is 0 Å². The molecule has 7 heteroatoms. The van der Waals surface area contributed by atoms with Crippen LogP contribution in [-0.4, -0.2) is 29.6 Å². The summed E-state index contributed by atoms with van der Waals surface area (Å²) in [6.07, 6.45) is 1.63. The van der Waals surface area contributed by atoms with Crippen LogP contribution in [-0.2, 0) is 26.3 Å². The van der Waals surface area contributed by atoms with E-state index in [0.29, 0.717) is 6.42 Å². The molecule has 1 N–H and O–H groups in total. The lowest BCUT2D eigenvalue weighted by molar-refractivity contribution is 0.581. The Morgan fingerprint density at radius 1 is 0.818 bits per heavy atom. The van der Waals surface area contributed by atoms with Crippen LogP contribution in [0.1, 0.15) is 5.56 Å². The van der Waals surface area contributed by atoms with Crippen molar-refractivity contribution in [2.75, 3.05) is 12.8 Å². The molecule has 0 amide bonds. The van der Waals surface area contributed by atoms with Gasteiger partial charge in [-0.05, 0) is 36.2 Å². The lowest BCUT2D eigenvalue weighted by Crippen LogP contribution is -2.25. The maximum Gasteiger partial charge on any atom is 0.240 e. The average Bonchev–Trinajstić information content (AvgIpc) is 2.48. The van der Waals surface area contributed by atoms with Crippen molar-refractivity contribution in [1.82, 2.24) is 4.72 Å². The van der Waals surface area contributed by atoms with Gasteiger partial charge in [0.05, 0.1) is 9.79 Å². The molecule has 0 aliphatic heterocycles. The Balaban J connectivity index is 1.97. The first kappa shape index (κ1) is 16.7. The molecule has 0 spiro atoms. The first-order valence-electron chi connectivity index (χ1n) is 6.63. The third-order valence-electron chi connectivity index (χ3n) is 3.11. The van der Waals surface area contributed by atoms with Gasteiger partial charge in [-0.3, -0.25) is 0 Å². The molecule has 118 valence electrons. The third kappa shape index (κ3) is 4.40. The predicted molar refractivity (Wildman–Crippen MR) is 84.9 cm³/mol. The van der Waals surface area contributed by atoms with Gasteiger partial charge in [0.15, 0.2) is 9.84 Å². The standard InChI is InChI=1S/C15H17NO4S2/c1-21(17,18)14-9-7-13(8-10-14)11-12-16-22(19,20)15-5-3-2-4-6-15/h2-10,16H,11-12H2,1H3. The summed E-state index contributed by atoms with van der Waals surface area (Å²) in [6.45, 7) is 0.245. The Morgan fingerprint density at radius 2 is 1.41 bits per heavy atom. The number of nitrogens with one attached hydrogen (secondary N) is 1. The van der Waals surface area contributed by atoms with Gasteiger partial charge in [0.25, 0.3) is 0 Å². The summed E-state index contributed by atoms with van der Waals surface area (Å²) >= 11 is 0. The minimum absolute atomic E-state index is 0.224. The number of sulfone groups is 1. The van der Waals surface area contributed by atoms with Gasteiger partial charge in [-0.15, -0.1) is 0 Å². The first-order valence-corrected chi connectivity index (χ1v) is 10.0. The van der Waals surface area contributed by atoms with E-state index in [4.69, 9.17) is 0 Å². The van der Waals surface area contributed by atoms with Crippen molar-refractivity contribution in [2.24, 2.45) is 0 Å². The molecule has 2 aromatic carbocycles. The van der Waals surface area contributed by atoms with Crippen molar-refractivity contribution in [3.05, 3.63) is 60.2 Å². The highest BCUT2D eigenvalue weighted by Crippen LogP contribution is 2.11. The van der Waals surface area contributed by atoms with Gasteiger partial charge in [0, 0.05) is 12.8 Å². The van der Waals surface area contributed by atoms with Crippen molar-refractivity contribution in [3.63, 3.8) is 0 Å². The fourth-order valence-corrected chi connectivity index (χ4v) is 3.60. The quantitative estimate of drug-likeness (QED) is 0.867. The second-order valence-electron chi connectivity index (χ2n) is 4.88. The van der Waals surface area contributed by atoms with Crippen LogP contribution in [0.25, 0.3) is 0 Å². The summed E-state index contributed by atoms with van der Waals surface area (Å²) in [6, 6.07) is 14.6. The van der Waals surface area contributed by atoms with E-state index in [2.05, 4.69) is 4.72 Å². The van der Waals surface area contributed by atoms with Gasteiger partial charge < -0.3 is 0 Å². The molecule has 22 heavy (non-hydrogen) atoms. The van der Waals surface area contributed by atoms with Crippen LogP contribution < -0.4 is 4.72 Å². The largest absolute Gasteiger partial charge is 0.240 e. The Labute approximate surface area is 131 Å². The molecule has 0 aliphatic carbocycles. The molecule has 0 bridgehead atoms. The van der Waals surface area contributed by atoms with Crippen LogP contribution in [0.2, 0.25) is 0 Å². The molecule has 0 saturated heterocycles. The zero-order valence-electron chi connectivity index (χ0n) is 12.1. The molecule has 0 aliphatic rings. The van der Waals surface area contributed by atoms with Gasteiger partial charge in [0.1, 0.15) is 0 Å². The van der Waals surface area contributed by atoms with E-state index >= 15 is 0 Å². The fourth-order valence-electron chi connectivity index (χ4n) is 1.92. The summed E-state index contributed by atoms with van der Waals surface area (Å²) in [5.41, 5.74) is 0.864. The van der Waals surface area contributed by atoms with E-state index in [1.54, 1.807) is 30.3 Å². The second-order valence-corrected chi connectivity index (χ2v) is 8.66. The number of hydrogen-bond acceptors (Lipinski definition) is 4. The lowest BCUT2D eigenvalue weighted by Gasteiger charge is -2.07. The minimum atomic E-state index is -3.51. The number of sulfonamides is 1. The van der Waals surface area contributed by atoms with Crippen LogP contribution in [0, 0.1) is 0 Å². The topological polar surface area (TPSA) is 80.3 Å². The summed E-state index contributed by atoms with van der Waals surface area (Å²) in [4.78, 5) is 0.476. The van der Waals surface area contributed by atoms with Crippen LogP contribution in [0.15, 0.2) is 64.4 Å². The van der Waals surface area contributed by atoms with E-state index in [9.17, 15) is 16.8 Å². The van der Waals surface area contributed by atoms with E-state index < -0.39 is 19.9 Å². The zero-order chi connectivity index (χ0) is 16.2. The molecule has 5 nitrogen and oxygen atoms in total. The highest BCUT2D eigenvalue weighted by molar-refractivity contribution is 7.90. The van der Waals surface area contributed by atoms with Crippen LogP contribution >= 0.6 is 0 Å². The van der Waals surface area contributed by atoms with Gasteiger partial charge in [-0.2, -0.15) is 0 Å². The Bertz CT molecular complexity index is 827. The zero-order valence-corrected chi connectivity index (χ0v) is 13.7. The summed E-state index contributed by atoms with van der Waals surface area (Å²) < 4.78 is 49.3. The predicted octanol–water partition coefficient (Wildman–Crippen LogP) is 1.61. The van der Waals surface area contributed by atoms with Gasteiger partial charge in [0.2, 0.25) is 10.0 Å². The van der Waals surface area contributed by atoms with Crippen LogP contribution in [0.5, 0.6) is 0 Å². The monoisotopic (exact) mass is 339 g/mol. The van der Waals surface area contributed by atoms with Gasteiger partial charge in [-0.1, -0.05) is 30.3 Å². The molecule has 0 aromatic heterocycles. The number of rotatable bonds is 6. The van der Waals surface area contributed by atoms with Crippen molar-refractivity contribution >= 4 is 19.9 Å². The molecular weight excluding hydrogens is 322 g/mol. The molecule has 0 atom stereocenters. The van der Waals surface area contributed by atoms with Crippen molar-refractivity contribution in [1.29, 1.82) is 0 Å². The summed E-state index contributed by atoms with van der Waals surface area (Å²) in [5, 5.41) is 0. The number of hydrogen-bond donors (Lipinski definition) is 1. The van der Waals surface area contributed by atoms with Gasteiger partial charge in [-0.25, -0.2) is 21.6 Å². The van der Waals surface area contributed by atoms with Crippen molar-refractivity contribution < 1.29 is 16.8 Å². The smallest absolute Gasteiger partial charge is 0.224 e. The van der Waals surface area contributed by atoms with E-state index in [1.165, 1.54) is 24.3 Å². The SMILES string of the molecule is CS(=O)(=O)c1ccc(CCNS(=O)(=O)c2ccccc2)cc1. The van der Waals surface area contributed by atoms with E-state index in [-0.39, 0.29) is 16.3 Å². The average molecular weight is 339 g/mol. The third-order valence-corrected chi connectivity index (χ3v) is 5.72. The molecule has 2 rings (SSSR count). The molecule has 0 unspecified atom stereocenters. The number of benzene rings is 2. The van der Waals surface area contributed by atoms with Gasteiger partial charge >= 0.3 is 0 Å². The molecule has 2 aromatic rings. The highest BCUT2D eigenvalue weighted by Gasteiger charge is 2.12. The maximum absolute atomic E-state index is 12.0. The van der Waals surface area contributed by atoms with Crippen LogP contribution in [0.4, 0.5) is 0 Å². The summed E-state index contributed by atoms with van der Waals surface area (Å²) in [7, 11) is -6.72. The maximum atomic E-state index is 12.0. The normalized spacial score (nSPS) is 12.2. The van der Waals surface area contributed by atoms with E-state index in [0.717, 1.165) is 11.8 Å². The summed E-state index contributed by atoms with van der Waals surface area (Å²) in [5.74, 6) is 0. The Hall–Kier alpha value is -1.70.